The van der Waals surface area contributed by atoms with Crippen LogP contribution in [0.5, 0.6) is 5.75 Å². The third-order valence-corrected chi connectivity index (χ3v) is 5.68. The number of carbonyl (C=O) groups is 4. The van der Waals surface area contributed by atoms with E-state index in [-0.39, 0.29) is 24.5 Å². The van der Waals surface area contributed by atoms with Crippen LogP contribution in [0.2, 0.25) is 0 Å². The maximum absolute atomic E-state index is 13.0. The average Bonchev–Trinajstić information content (AvgIpc) is 3.28. The summed E-state index contributed by atoms with van der Waals surface area (Å²) in [6.07, 6.45) is 1.23. The molecular formula is C23H34N4O7. The number of aliphatic carboxylic acids is 1. The number of benzene rings is 1. The molecule has 1 aliphatic heterocycles. The second-order valence-corrected chi connectivity index (χ2v) is 8.94. The van der Waals surface area contributed by atoms with Gasteiger partial charge < -0.3 is 36.6 Å². The van der Waals surface area contributed by atoms with Crippen molar-refractivity contribution >= 4 is 23.7 Å². The Morgan fingerprint density at radius 2 is 1.76 bits per heavy atom. The molecule has 0 aliphatic carbocycles. The second-order valence-electron chi connectivity index (χ2n) is 8.94. The van der Waals surface area contributed by atoms with Crippen LogP contribution < -0.4 is 16.4 Å². The summed E-state index contributed by atoms with van der Waals surface area (Å²) in [5.74, 6) is -2.89. The van der Waals surface area contributed by atoms with Crippen molar-refractivity contribution in [2.45, 2.75) is 63.7 Å². The van der Waals surface area contributed by atoms with E-state index in [4.69, 9.17) is 10.8 Å². The SMILES string of the molecule is CC(C)CC(NC(=O)C1CCCN1C(=O)C(N)CO)C(=O)NC(Cc1ccc(O)cc1)C(=O)O. The van der Waals surface area contributed by atoms with E-state index in [9.17, 15) is 29.4 Å². The summed E-state index contributed by atoms with van der Waals surface area (Å²) in [5.41, 5.74) is 6.23. The van der Waals surface area contributed by atoms with Gasteiger partial charge in [0.1, 0.15) is 29.9 Å². The van der Waals surface area contributed by atoms with E-state index in [1.165, 1.54) is 17.0 Å². The summed E-state index contributed by atoms with van der Waals surface area (Å²) in [4.78, 5) is 51.5. The van der Waals surface area contributed by atoms with Crippen LogP contribution in [0.15, 0.2) is 24.3 Å². The normalized spacial score (nSPS) is 18.3. The predicted octanol–water partition coefficient (Wildman–Crippen LogP) is -0.654. The Morgan fingerprint density at radius 1 is 1.12 bits per heavy atom. The van der Waals surface area contributed by atoms with Crippen LogP contribution in [-0.4, -0.2) is 81.2 Å². The number of likely N-dealkylation sites (tertiary alicyclic amines) is 1. The lowest BCUT2D eigenvalue weighted by molar-refractivity contribution is -0.143. The Balaban J connectivity index is 2.11. The summed E-state index contributed by atoms with van der Waals surface area (Å²) >= 11 is 0. The Bertz CT molecular complexity index is 875. The van der Waals surface area contributed by atoms with Gasteiger partial charge in [-0.25, -0.2) is 4.79 Å². The van der Waals surface area contributed by atoms with Gasteiger partial charge in [-0.15, -0.1) is 0 Å². The molecule has 3 amide bonds. The molecule has 188 valence electrons. The molecule has 11 heteroatoms. The molecule has 0 radical (unpaired) electrons. The molecule has 11 nitrogen and oxygen atoms in total. The zero-order valence-electron chi connectivity index (χ0n) is 19.4. The van der Waals surface area contributed by atoms with Crippen molar-refractivity contribution in [3.8, 4) is 5.75 Å². The van der Waals surface area contributed by atoms with Crippen molar-refractivity contribution < 1.29 is 34.5 Å². The molecular weight excluding hydrogens is 444 g/mol. The number of hydrogen-bond acceptors (Lipinski definition) is 7. The van der Waals surface area contributed by atoms with E-state index in [0.29, 0.717) is 24.9 Å². The summed E-state index contributed by atoms with van der Waals surface area (Å²) < 4.78 is 0. The number of nitrogens with zero attached hydrogens (tertiary/aromatic N) is 1. The number of carboxylic acid groups (broad SMARTS) is 1. The molecule has 1 aromatic rings. The zero-order valence-corrected chi connectivity index (χ0v) is 19.4. The number of hydrogen-bond donors (Lipinski definition) is 6. The van der Waals surface area contributed by atoms with Crippen LogP contribution in [0.3, 0.4) is 0 Å². The third-order valence-electron chi connectivity index (χ3n) is 5.68. The monoisotopic (exact) mass is 478 g/mol. The van der Waals surface area contributed by atoms with Gasteiger partial charge in [-0.3, -0.25) is 14.4 Å². The van der Waals surface area contributed by atoms with Gasteiger partial charge in [-0.05, 0) is 42.9 Å². The number of amides is 3. The maximum Gasteiger partial charge on any atom is 0.326 e. The van der Waals surface area contributed by atoms with Crippen LogP contribution in [-0.2, 0) is 25.6 Å². The van der Waals surface area contributed by atoms with E-state index in [1.807, 2.05) is 13.8 Å². The number of aromatic hydroxyl groups is 1. The van der Waals surface area contributed by atoms with Gasteiger partial charge >= 0.3 is 5.97 Å². The summed E-state index contributed by atoms with van der Waals surface area (Å²) in [5, 5.41) is 33.3. The highest BCUT2D eigenvalue weighted by molar-refractivity contribution is 5.94. The summed E-state index contributed by atoms with van der Waals surface area (Å²) in [7, 11) is 0. The van der Waals surface area contributed by atoms with Gasteiger partial charge in [0.2, 0.25) is 17.7 Å². The van der Waals surface area contributed by atoms with Gasteiger partial charge in [0.05, 0.1) is 6.61 Å². The Labute approximate surface area is 198 Å². The molecule has 2 rings (SSSR count). The Kier molecular flexibility index (Phi) is 9.82. The van der Waals surface area contributed by atoms with Crippen molar-refractivity contribution in [3.63, 3.8) is 0 Å². The van der Waals surface area contributed by atoms with Crippen molar-refractivity contribution in [1.82, 2.24) is 15.5 Å². The fourth-order valence-corrected chi connectivity index (χ4v) is 3.91. The van der Waals surface area contributed by atoms with Crippen LogP contribution in [0.4, 0.5) is 0 Å². The number of aliphatic hydroxyl groups is 1. The van der Waals surface area contributed by atoms with E-state index in [0.717, 1.165) is 0 Å². The second kappa shape index (κ2) is 12.3. The fraction of sp³-hybridized carbons (Fsp3) is 0.565. The molecule has 34 heavy (non-hydrogen) atoms. The zero-order chi connectivity index (χ0) is 25.4. The number of phenolic OH excluding ortho intramolecular Hbond substituents is 1. The highest BCUT2D eigenvalue weighted by Crippen LogP contribution is 2.19. The molecule has 1 aromatic carbocycles. The minimum absolute atomic E-state index is 0.00630. The number of carboxylic acids is 1. The minimum Gasteiger partial charge on any atom is -0.508 e. The van der Waals surface area contributed by atoms with Crippen molar-refractivity contribution in [1.29, 1.82) is 0 Å². The van der Waals surface area contributed by atoms with Crippen molar-refractivity contribution in [2.75, 3.05) is 13.2 Å². The minimum atomic E-state index is -1.24. The highest BCUT2D eigenvalue weighted by atomic mass is 16.4. The molecule has 0 aromatic heterocycles. The molecule has 0 bridgehead atoms. The molecule has 1 heterocycles. The van der Waals surface area contributed by atoms with E-state index in [2.05, 4.69) is 10.6 Å². The smallest absolute Gasteiger partial charge is 0.326 e. The molecule has 1 aliphatic rings. The first-order chi connectivity index (χ1) is 16.0. The number of phenols is 1. The molecule has 4 unspecified atom stereocenters. The van der Waals surface area contributed by atoms with Crippen LogP contribution in [0, 0.1) is 5.92 Å². The molecule has 1 saturated heterocycles. The molecule has 7 N–H and O–H groups in total. The van der Waals surface area contributed by atoms with Gasteiger partial charge in [0.15, 0.2) is 0 Å². The summed E-state index contributed by atoms with van der Waals surface area (Å²) in [6.45, 7) is 3.51. The van der Waals surface area contributed by atoms with Gasteiger partial charge in [0, 0.05) is 13.0 Å². The largest absolute Gasteiger partial charge is 0.508 e. The van der Waals surface area contributed by atoms with Gasteiger partial charge in [-0.1, -0.05) is 26.0 Å². The highest BCUT2D eigenvalue weighted by Gasteiger charge is 2.38. The first-order valence-electron chi connectivity index (χ1n) is 11.3. The third kappa shape index (κ3) is 7.42. The average molecular weight is 479 g/mol. The van der Waals surface area contributed by atoms with Crippen molar-refractivity contribution in [3.05, 3.63) is 29.8 Å². The lowest BCUT2D eigenvalue weighted by Gasteiger charge is -2.28. The number of rotatable bonds is 11. The predicted molar refractivity (Wildman–Crippen MR) is 123 cm³/mol. The molecule has 4 atom stereocenters. The van der Waals surface area contributed by atoms with Gasteiger partial charge in [0.25, 0.3) is 0 Å². The van der Waals surface area contributed by atoms with Crippen LogP contribution in [0.25, 0.3) is 0 Å². The summed E-state index contributed by atoms with van der Waals surface area (Å²) in [6, 6.07) is 1.79. The standard InChI is InChI=1S/C23H34N4O7/c1-13(2)10-17(25-21(31)19-4-3-9-27(19)22(32)16(24)12-28)20(30)26-18(23(33)34)11-14-5-7-15(29)8-6-14/h5-8,13,16-19,28-29H,3-4,9-12,24H2,1-2H3,(H,25,31)(H,26,30)(H,33,34). The maximum atomic E-state index is 13.0. The fourth-order valence-electron chi connectivity index (χ4n) is 3.91. The molecule has 1 fully saturated rings. The number of nitrogens with one attached hydrogen (secondary N) is 2. The lowest BCUT2D eigenvalue weighted by Crippen LogP contribution is -2.57. The van der Waals surface area contributed by atoms with E-state index >= 15 is 0 Å². The van der Waals surface area contributed by atoms with E-state index in [1.54, 1.807) is 12.1 Å². The number of aliphatic hydroxyl groups excluding tert-OH is 1. The van der Waals surface area contributed by atoms with Crippen LogP contribution in [0.1, 0.15) is 38.7 Å². The first-order valence-corrected chi connectivity index (χ1v) is 11.3. The Morgan fingerprint density at radius 3 is 2.32 bits per heavy atom. The quantitative estimate of drug-likeness (QED) is 0.242. The first kappa shape index (κ1) is 27.1. The topological polar surface area (TPSA) is 182 Å². The number of nitrogens with two attached hydrogens (primary N) is 1. The van der Waals surface area contributed by atoms with Crippen molar-refractivity contribution in [2.24, 2.45) is 11.7 Å². The molecule has 0 spiro atoms. The number of carbonyl (C=O) groups excluding carboxylic acids is 3. The Hall–Kier alpha value is -3.18. The lowest BCUT2D eigenvalue weighted by atomic mass is 10.0. The van der Waals surface area contributed by atoms with E-state index < -0.39 is 54.5 Å². The van der Waals surface area contributed by atoms with Crippen LogP contribution >= 0.6 is 0 Å². The molecule has 0 saturated carbocycles. The van der Waals surface area contributed by atoms with Gasteiger partial charge in [-0.2, -0.15) is 0 Å².